The maximum Gasteiger partial charge on any atom is 0.0124 e. The Hall–Kier alpha value is -0.0400. The Morgan fingerprint density at radius 2 is 2.00 bits per heavy atom. The van der Waals surface area contributed by atoms with Gasteiger partial charge in [-0.15, -0.1) is 0 Å². The van der Waals surface area contributed by atoms with Gasteiger partial charge in [0.05, 0.1) is 0 Å². The van der Waals surface area contributed by atoms with Gasteiger partial charge in [0.1, 0.15) is 0 Å². The lowest BCUT2D eigenvalue weighted by Gasteiger charge is -2.14. The second-order valence-electron chi connectivity index (χ2n) is 4.12. The first-order valence-corrected chi connectivity index (χ1v) is 4.52. The van der Waals surface area contributed by atoms with Gasteiger partial charge in [0, 0.05) is 6.04 Å². The van der Waals surface area contributed by atoms with Gasteiger partial charge in [0.15, 0.2) is 0 Å². The first-order valence-electron chi connectivity index (χ1n) is 4.52. The molecule has 1 N–H and O–H groups in total. The Bertz CT molecular complexity index is 119. The van der Waals surface area contributed by atoms with Crippen molar-refractivity contribution >= 4 is 0 Å². The summed E-state index contributed by atoms with van der Waals surface area (Å²) in [6.45, 7) is 6.07. The van der Waals surface area contributed by atoms with E-state index in [1.54, 1.807) is 0 Å². The fourth-order valence-electron chi connectivity index (χ4n) is 2.92. The summed E-state index contributed by atoms with van der Waals surface area (Å²) < 4.78 is 0. The molecule has 0 aromatic carbocycles. The third-order valence-electron chi connectivity index (χ3n) is 3.41. The molecule has 1 aliphatic heterocycles. The van der Waals surface area contributed by atoms with Crippen LogP contribution in [0.4, 0.5) is 0 Å². The normalized spacial score (nSPS) is 53.4. The van der Waals surface area contributed by atoms with E-state index < -0.39 is 0 Å². The predicted octanol–water partition coefficient (Wildman–Crippen LogP) is 1.64. The van der Waals surface area contributed by atoms with Crippen molar-refractivity contribution in [1.82, 2.24) is 5.32 Å². The Labute approximate surface area is 63.2 Å². The zero-order valence-corrected chi connectivity index (χ0v) is 6.93. The third kappa shape index (κ3) is 0.800. The molecule has 1 nitrogen and oxygen atoms in total. The molecule has 1 heteroatoms. The molecule has 0 aromatic heterocycles. The number of rotatable bonds is 0. The molecule has 2 rings (SSSR count). The van der Waals surface area contributed by atoms with Crippen LogP contribution in [-0.2, 0) is 0 Å². The summed E-state index contributed by atoms with van der Waals surface area (Å²) in [7, 11) is 0. The van der Waals surface area contributed by atoms with Gasteiger partial charge in [-0.1, -0.05) is 13.8 Å². The highest BCUT2D eigenvalue weighted by Gasteiger charge is 2.40. The van der Waals surface area contributed by atoms with Crippen molar-refractivity contribution in [3.8, 4) is 0 Å². The van der Waals surface area contributed by atoms with E-state index in [1.165, 1.54) is 19.4 Å². The van der Waals surface area contributed by atoms with Crippen LogP contribution in [0.1, 0.15) is 26.7 Å². The molecule has 0 radical (unpaired) electrons. The Balaban J connectivity index is 2.11. The van der Waals surface area contributed by atoms with E-state index in [9.17, 15) is 0 Å². The minimum atomic E-state index is 0.870. The van der Waals surface area contributed by atoms with Crippen molar-refractivity contribution in [3.05, 3.63) is 0 Å². The van der Waals surface area contributed by atoms with E-state index in [0.29, 0.717) is 0 Å². The van der Waals surface area contributed by atoms with Gasteiger partial charge >= 0.3 is 0 Å². The summed E-state index contributed by atoms with van der Waals surface area (Å²) in [6.07, 6.45) is 2.87. The van der Waals surface area contributed by atoms with Gasteiger partial charge in [-0.3, -0.25) is 0 Å². The lowest BCUT2D eigenvalue weighted by atomic mass is 9.95. The molecule has 0 bridgehead atoms. The van der Waals surface area contributed by atoms with Gasteiger partial charge in [-0.25, -0.2) is 0 Å². The number of nitrogens with one attached hydrogen (secondary N) is 1. The van der Waals surface area contributed by atoms with E-state index in [-0.39, 0.29) is 0 Å². The zero-order chi connectivity index (χ0) is 7.14. The molecule has 2 fully saturated rings. The van der Waals surface area contributed by atoms with E-state index in [2.05, 4.69) is 19.2 Å². The lowest BCUT2D eigenvalue weighted by molar-refractivity contribution is 0.406. The van der Waals surface area contributed by atoms with E-state index >= 15 is 0 Å². The summed E-state index contributed by atoms with van der Waals surface area (Å²) in [6, 6.07) is 0.870. The molecule has 1 saturated carbocycles. The summed E-state index contributed by atoms with van der Waals surface area (Å²) in [4.78, 5) is 0. The highest BCUT2D eigenvalue weighted by Crippen LogP contribution is 2.40. The van der Waals surface area contributed by atoms with Gasteiger partial charge in [-0.2, -0.15) is 0 Å². The fourth-order valence-corrected chi connectivity index (χ4v) is 2.92. The first kappa shape index (κ1) is 6.66. The molecule has 2 aliphatic rings. The Kier molecular flexibility index (Phi) is 1.48. The fraction of sp³-hybridized carbons (Fsp3) is 1.00. The molecule has 4 atom stereocenters. The van der Waals surface area contributed by atoms with Crippen LogP contribution in [0.2, 0.25) is 0 Å². The van der Waals surface area contributed by atoms with E-state index in [1.807, 2.05) is 0 Å². The van der Waals surface area contributed by atoms with Crippen molar-refractivity contribution in [1.29, 1.82) is 0 Å². The topological polar surface area (TPSA) is 12.0 Å². The molecule has 58 valence electrons. The highest BCUT2D eigenvalue weighted by molar-refractivity contribution is 4.96. The molecule has 0 aromatic rings. The summed E-state index contributed by atoms with van der Waals surface area (Å²) in [5.41, 5.74) is 0. The first-order chi connectivity index (χ1) is 4.79. The Morgan fingerprint density at radius 3 is 2.70 bits per heavy atom. The second-order valence-corrected chi connectivity index (χ2v) is 4.12. The summed E-state index contributed by atoms with van der Waals surface area (Å²) in [5.74, 6) is 2.92. The molecule has 1 heterocycles. The van der Waals surface area contributed by atoms with E-state index in [0.717, 1.165) is 23.8 Å². The lowest BCUT2D eigenvalue weighted by Crippen LogP contribution is -2.28. The van der Waals surface area contributed by atoms with Crippen molar-refractivity contribution < 1.29 is 0 Å². The van der Waals surface area contributed by atoms with Gasteiger partial charge in [0.25, 0.3) is 0 Å². The number of hydrogen-bond acceptors (Lipinski definition) is 1. The van der Waals surface area contributed by atoms with Crippen LogP contribution >= 0.6 is 0 Å². The highest BCUT2D eigenvalue weighted by atomic mass is 15.0. The SMILES string of the molecule is CC1CC(C)C2NCCC12. The quantitative estimate of drug-likeness (QED) is 0.538. The van der Waals surface area contributed by atoms with E-state index in [4.69, 9.17) is 0 Å². The van der Waals surface area contributed by atoms with Crippen LogP contribution in [0.5, 0.6) is 0 Å². The maximum absolute atomic E-state index is 3.60. The molecule has 0 spiro atoms. The van der Waals surface area contributed by atoms with Crippen molar-refractivity contribution in [2.75, 3.05) is 6.54 Å². The maximum atomic E-state index is 3.60. The minimum absolute atomic E-state index is 0.870. The van der Waals surface area contributed by atoms with Crippen molar-refractivity contribution in [2.45, 2.75) is 32.7 Å². The molecule has 1 saturated heterocycles. The van der Waals surface area contributed by atoms with Gasteiger partial charge < -0.3 is 5.32 Å². The standard InChI is InChI=1S/C9H17N/c1-6-5-7(2)9-8(6)3-4-10-9/h6-10H,3-5H2,1-2H3. The monoisotopic (exact) mass is 139 g/mol. The minimum Gasteiger partial charge on any atom is -0.313 e. The molecular weight excluding hydrogens is 122 g/mol. The smallest absolute Gasteiger partial charge is 0.0124 e. The zero-order valence-electron chi connectivity index (χ0n) is 6.93. The second kappa shape index (κ2) is 2.23. The molecule has 10 heavy (non-hydrogen) atoms. The van der Waals surface area contributed by atoms with Crippen molar-refractivity contribution in [2.24, 2.45) is 17.8 Å². The summed E-state index contributed by atoms with van der Waals surface area (Å²) >= 11 is 0. The van der Waals surface area contributed by atoms with Gasteiger partial charge in [-0.05, 0) is 37.1 Å². The van der Waals surface area contributed by atoms with Crippen molar-refractivity contribution in [3.63, 3.8) is 0 Å². The molecular formula is C9H17N. The van der Waals surface area contributed by atoms with Crippen LogP contribution in [0, 0.1) is 17.8 Å². The van der Waals surface area contributed by atoms with Crippen LogP contribution in [-0.4, -0.2) is 12.6 Å². The average molecular weight is 139 g/mol. The average Bonchev–Trinajstić information content (AvgIpc) is 2.39. The molecule has 4 unspecified atom stereocenters. The van der Waals surface area contributed by atoms with Crippen LogP contribution in [0.15, 0.2) is 0 Å². The Morgan fingerprint density at radius 1 is 1.20 bits per heavy atom. The molecule has 1 aliphatic carbocycles. The van der Waals surface area contributed by atoms with Crippen LogP contribution < -0.4 is 5.32 Å². The number of hydrogen-bond donors (Lipinski definition) is 1. The van der Waals surface area contributed by atoms with Crippen LogP contribution in [0.25, 0.3) is 0 Å². The number of fused-ring (bicyclic) bond motifs is 1. The van der Waals surface area contributed by atoms with Crippen LogP contribution in [0.3, 0.4) is 0 Å². The third-order valence-corrected chi connectivity index (χ3v) is 3.41. The largest absolute Gasteiger partial charge is 0.313 e. The molecule has 0 amide bonds. The van der Waals surface area contributed by atoms with Gasteiger partial charge in [0.2, 0.25) is 0 Å². The predicted molar refractivity (Wildman–Crippen MR) is 42.8 cm³/mol. The summed E-state index contributed by atoms with van der Waals surface area (Å²) in [5, 5.41) is 3.60.